The Balaban J connectivity index is 1.62. The van der Waals surface area contributed by atoms with Crippen LogP contribution < -0.4 is 16.0 Å². The van der Waals surface area contributed by atoms with Gasteiger partial charge in [0.05, 0.1) is 0 Å². The number of carbonyl (C=O) groups excluding carboxylic acids is 4. The minimum absolute atomic E-state index is 0.0426. The number of nitrogens with one attached hydrogen (secondary N) is 3. The number of hydrogen-bond acceptors (Lipinski definition) is 5. The molecule has 0 aliphatic rings. The van der Waals surface area contributed by atoms with E-state index in [4.69, 9.17) is 4.74 Å². The average molecular weight is 397 g/mol. The molecule has 152 valence electrons. The molecule has 0 heterocycles. The number of rotatable bonds is 9. The van der Waals surface area contributed by atoms with Gasteiger partial charge in [-0.1, -0.05) is 18.2 Å². The molecule has 2 aromatic rings. The Morgan fingerprint density at radius 1 is 0.724 bits per heavy atom. The van der Waals surface area contributed by atoms with E-state index in [1.54, 1.807) is 36.4 Å². The average Bonchev–Trinajstić information content (AvgIpc) is 2.68. The summed E-state index contributed by atoms with van der Waals surface area (Å²) in [7, 11) is 0. The molecule has 0 aromatic heterocycles. The van der Waals surface area contributed by atoms with E-state index in [1.807, 2.05) is 18.2 Å². The molecule has 8 nitrogen and oxygen atoms in total. The second-order valence-electron chi connectivity index (χ2n) is 6.24. The van der Waals surface area contributed by atoms with E-state index in [1.165, 1.54) is 6.92 Å². The molecule has 2 aromatic carbocycles. The van der Waals surface area contributed by atoms with Gasteiger partial charge in [-0.05, 0) is 42.8 Å². The van der Waals surface area contributed by atoms with Gasteiger partial charge in [0.15, 0.2) is 6.61 Å². The Kier molecular flexibility index (Phi) is 8.37. The van der Waals surface area contributed by atoms with E-state index >= 15 is 0 Å². The summed E-state index contributed by atoms with van der Waals surface area (Å²) in [4.78, 5) is 46.3. The summed E-state index contributed by atoms with van der Waals surface area (Å²) in [5, 5.41) is 7.93. The lowest BCUT2D eigenvalue weighted by atomic mass is 10.2. The van der Waals surface area contributed by atoms with Gasteiger partial charge in [0.1, 0.15) is 0 Å². The predicted octanol–water partition coefficient (Wildman–Crippen LogP) is 2.94. The van der Waals surface area contributed by atoms with Gasteiger partial charge in [0, 0.05) is 36.8 Å². The molecule has 0 aliphatic heterocycles. The van der Waals surface area contributed by atoms with Crippen molar-refractivity contribution in [1.82, 2.24) is 0 Å². The van der Waals surface area contributed by atoms with Gasteiger partial charge in [-0.3, -0.25) is 19.2 Å². The largest absolute Gasteiger partial charge is 0.456 e. The van der Waals surface area contributed by atoms with Crippen LogP contribution in [-0.4, -0.2) is 30.3 Å². The smallest absolute Gasteiger partial charge is 0.306 e. The normalized spacial score (nSPS) is 9.97. The maximum absolute atomic E-state index is 11.8. The van der Waals surface area contributed by atoms with Crippen molar-refractivity contribution in [3.05, 3.63) is 54.6 Å². The Morgan fingerprint density at radius 2 is 1.28 bits per heavy atom. The van der Waals surface area contributed by atoms with Crippen molar-refractivity contribution in [2.45, 2.75) is 26.2 Å². The number of benzene rings is 2. The van der Waals surface area contributed by atoms with Crippen LogP contribution >= 0.6 is 0 Å². The van der Waals surface area contributed by atoms with Crippen LogP contribution in [0, 0.1) is 0 Å². The fourth-order valence-corrected chi connectivity index (χ4v) is 2.39. The highest BCUT2D eigenvalue weighted by Crippen LogP contribution is 2.13. The highest BCUT2D eigenvalue weighted by Gasteiger charge is 2.10. The lowest BCUT2D eigenvalue weighted by molar-refractivity contribution is -0.147. The highest BCUT2D eigenvalue weighted by molar-refractivity contribution is 5.94. The first-order chi connectivity index (χ1) is 13.9. The number of esters is 1. The van der Waals surface area contributed by atoms with Crippen LogP contribution in [0.1, 0.15) is 26.2 Å². The van der Waals surface area contributed by atoms with Gasteiger partial charge >= 0.3 is 5.97 Å². The highest BCUT2D eigenvalue weighted by atomic mass is 16.5. The molecule has 0 atom stereocenters. The third-order valence-corrected chi connectivity index (χ3v) is 3.70. The second-order valence-corrected chi connectivity index (χ2v) is 6.24. The first kappa shape index (κ1) is 21.6. The fraction of sp³-hybridized carbons (Fsp3) is 0.238. The van der Waals surface area contributed by atoms with Gasteiger partial charge in [-0.25, -0.2) is 0 Å². The standard InChI is InChI=1S/C21H23N3O5/c1-15(25)22-17-10-12-18(13-11-17)24-20(27)14-29-21(28)9-5-8-19(26)23-16-6-3-2-4-7-16/h2-4,6-7,10-13H,5,8-9,14H2,1H3,(H,22,25)(H,23,26)(H,24,27). The fourth-order valence-electron chi connectivity index (χ4n) is 2.39. The number of carbonyl (C=O) groups is 4. The minimum atomic E-state index is -0.548. The Labute approximate surface area is 168 Å². The van der Waals surface area contributed by atoms with Crippen molar-refractivity contribution in [3.63, 3.8) is 0 Å². The van der Waals surface area contributed by atoms with Crippen LogP contribution in [-0.2, 0) is 23.9 Å². The molecule has 0 unspecified atom stereocenters. The summed E-state index contributed by atoms with van der Waals surface area (Å²) in [6, 6.07) is 15.6. The Morgan fingerprint density at radius 3 is 1.90 bits per heavy atom. The number of ether oxygens (including phenoxy) is 1. The van der Waals surface area contributed by atoms with E-state index in [-0.39, 0.29) is 24.7 Å². The lowest BCUT2D eigenvalue weighted by Gasteiger charge is -2.08. The van der Waals surface area contributed by atoms with Crippen LogP contribution in [0.2, 0.25) is 0 Å². The molecule has 0 saturated heterocycles. The Bertz CT molecular complexity index is 850. The van der Waals surface area contributed by atoms with Crippen molar-refractivity contribution in [2.24, 2.45) is 0 Å². The molecule has 29 heavy (non-hydrogen) atoms. The third kappa shape index (κ3) is 8.70. The van der Waals surface area contributed by atoms with Gasteiger partial charge in [-0.2, -0.15) is 0 Å². The van der Waals surface area contributed by atoms with Gasteiger partial charge in [0.2, 0.25) is 11.8 Å². The minimum Gasteiger partial charge on any atom is -0.456 e. The van der Waals surface area contributed by atoms with Crippen LogP contribution in [0.15, 0.2) is 54.6 Å². The lowest BCUT2D eigenvalue weighted by Crippen LogP contribution is -2.21. The molecule has 0 aliphatic carbocycles. The van der Waals surface area contributed by atoms with Gasteiger partial charge < -0.3 is 20.7 Å². The molecule has 8 heteroatoms. The molecule has 3 N–H and O–H groups in total. The third-order valence-electron chi connectivity index (χ3n) is 3.70. The molecule has 0 saturated carbocycles. The van der Waals surface area contributed by atoms with Crippen LogP contribution in [0.3, 0.4) is 0 Å². The molecule has 0 bridgehead atoms. The van der Waals surface area contributed by atoms with E-state index in [2.05, 4.69) is 16.0 Å². The number of hydrogen-bond donors (Lipinski definition) is 3. The SMILES string of the molecule is CC(=O)Nc1ccc(NC(=O)COC(=O)CCCC(=O)Nc2ccccc2)cc1. The van der Waals surface area contributed by atoms with Crippen LogP contribution in [0.5, 0.6) is 0 Å². The molecule has 0 spiro atoms. The van der Waals surface area contributed by atoms with E-state index < -0.39 is 18.5 Å². The van der Waals surface area contributed by atoms with Crippen molar-refractivity contribution in [3.8, 4) is 0 Å². The molecule has 3 amide bonds. The van der Waals surface area contributed by atoms with Gasteiger partial charge in [0.25, 0.3) is 5.91 Å². The summed E-state index contributed by atoms with van der Waals surface area (Å²) in [5.74, 6) is -1.41. The molecule has 0 fully saturated rings. The summed E-state index contributed by atoms with van der Waals surface area (Å²) in [6.07, 6.45) is 0.543. The maximum atomic E-state index is 11.8. The van der Waals surface area contributed by atoms with Crippen molar-refractivity contribution in [1.29, 1.82) is 0 Å². The van der Waals surface area contributed by atoms with Crippen molar-refractivity contribution < 1.29 is 23.9 Å². The zero-order valence-electron chi connectivity index (χ0n) is 16.1. The monoisotopic (exact) mass is 397 g/mol. The van der Waals surface area contributed by atoms with Crippen molar-refractivity contribution >= 4 is 40.8 Å². The van der Waals surface area contributed by atoms with Crippen LogP contribution in [0.4, 0.5) is 17.1 Å². The first-order valence-corrected chi connectivity index (χ1v) is 9.10. The number of para-hydroxylation sites is 1. The zero-order chi connectivity index (χ0) is 21.1. The topological polar surface area (TPSA) is 114 Å². The molecular weight excluding hydrogens is 374 g/mol. The van der Waals surface area contributed by atoms with Crippen LogP contribution in [0.25, 0.3) is 0 Å². The second kappa shape index (κ2) is 11.2. The van der Waals surface area contributed by atoms with E-state index in [9.17, 15) is 19.2 Å². The summed E-state index contributed by atoms with van der Waals surface area (Å²) < 4.78 is 4.91. The first-order valence-electron chi connectivity index (χ1n) is 9.10. The number of amides is 3. The Hall–Kier alpha value is -3.68. The molecule has 0 radical (unpaired) electrons. The summed E-state index contributed by atoms with van der Waals surface area (Å²) in [6.45, 7) is 0.988. The van der Waals surface area contributed by atoms with E-state index in [0.717, 1.165) is 0 Å². The predicted molar refractivity (Wildman–Crippen MR) is 109 cm³/mol. The van der Waals surface area contributed by atoms with Crippen molar-refractivity contribution in [2.75, 3.05) is 22.6 Å². The molecular formula is C21H23N3O5. The van der Waals surface area contributed by atoms with E-state index in [0.29, 0.717) is 23.5 Å². The zero-order valence-corrected chi connectivity index (χ0v) is 16.1. The van der Waals surface area contributed by atoms with Gasteiger partial charge in [-0.15, -0.1) is 0 Å². The summed E-state index contributed by atoms with van der Waals surface area (Å²) >= 11 is 0. The molecule has 2 rings (SSSR count). The quantitative estimate of drug-likeness (QED) is 0.563. The number of anilines is 3. The summed E-state index contributed by atoms with van der Waals surface area (Å²) in [5.41, 5.74) is 1.82. The maximum Gasteiger partial charge on any atom is 0.306 e.